The molecule has 1 N–H and O–H groups in total. The number of alkyl carbamates (subject to hydrolysis) is 1. The number of para-hydroxylation sites is 2. The molecule has 0 bridgehead atoms. The summed E-state index contributed by atoms with van der Waals surface area (Å²) in [5.41, 5.74) is 7.77. The zero-order chi connectivity index (χ0) is 41.0. The molecule has 2 aliphatic heterocycles. The molecule has 0 fully saturated rings. The van der Waals surface area contributed by atoms with Gasteiger partial charge in [-0.15, -0.1) is 10.2 Å². The van der Waals surface area contributed by atoms with E-state index < -0.39 is 5.60 Å². The Morgan fingerprint density at radius 1 is 0.930 bits per heavy atom. The van der Waals surface area contributed by atoms with Gasteiger partial charge in [0.05, 0.1) is 12.6 Å². The molecule has 12 heteroatoms. The van der Waals surface area contributed by atoms with Crippen molar-refractivity contribution in [3.63, 3.8) is 0 Å². The van der Waals surface area contributed by atoms with Gasteiger partial charge in [-0.3, -0.25) is 0 Å². The Labute approximate surface area is 343 Å². The number of fused-ring (bicyclic) bond motifs is 2. The van der Waals surface area contributed by atoms with Crippen molar-refractivity contribution < 1.29 is 14.3 Å². The Morgan fingerprint density at radius 2 is 1.61 bits per heavy atom. The zero-order valence-corrected chi connectivity index (χ0v) is 35.9. The summed E-state index contributed by atoms with van der Waals surface area (Å²) in [4.78, 5) is 18.9. The second-order valence-corrected chi connectivity index (χ2v) is 17.7. The van der Waals surface area contributed by atoms with Gasteiger partial charge in [-0.1, -0.05) is 104 Å². The molecule has 2 aromatic carbocycles. The lowest BCUT2D eigenvalue weighted by atomic mass is 9.80. The van der Waals surface area contributed by atoms with Crippen LogP contribution in [-0.4, -0.2) is 78.5 Å². The number of amides is 1. The van der Waals surface area contributed by atoms with Crippen LogP contribution >= 0.6 is 11.6 Å². The standard InChI is InChI=1S/C45H59ClN8O3/c1-43(2,3)57-42(55)47-27-15-28-53-35-21-12-10-19-33(35)44(4,5)37(53)25-23-31-17-14-18-32(39(31)46)24-26-38-45(6,7)34-20-11-13-22-36(34)54(38)29-16-30-56-41-50-48-40(49-51-41)52(8)9/h10-13,19-26,37H,14-18,27-30H2,1-9H3,(H,47,55)/b25-23+,32-24+,38-26+. The van der Waals surface area contributed by atoms with E-state index in [-0.39, 0.29) is 29.0 Å². The van der Waals surface area contributed by atoms with Crippen LogP contribution in [0.1, 0.15) is 91.7 Å². The van der Waals surface area contributed by atoms with Gasteiger partial charge in [-0.2, -0.15) is 0 Å². The van der Waals surface area contributed by atoms with E-state index in [9.17, 15) is 4.79 Å². The molecule has 1 atom stereocenters. The first-order chi connectivity index (χ1) is 27.1. The number of nitrogens with zero attached hydrogens (tertiary/aromatic N) is 7. The fraction of sp³-hybridized carbons (Fsp3) is 0.489. The average Bonchev–Trinajstić information content (AvgIpc) is 3.51. The van der Waals surface area contributed by atoms with Gasteiger partial charge in [0.1, 0.15) is 5.60 Å². The van der Waals surface area contributed by atoms with Crippen molar-refractivity contribution in [2.24, 2.45) is 0 Å². The van der Waals surface area contributed by atoms with E-state index in [4.69, 9.17) is 21.1 Å². The quantitative estimate of drug-likeness (QED) is 0.169. The van der Waals surface area contributed by atoms with Crippen molar-refractivity contribution in [1.82, 2.24) is 25.7 Å². The van der Waals surface area contributed by atoms with Crippen LogP contribution in [0.2, 0.25) is 0 Å². The van der Waals surface area contributed by atoms with Crippen LogP contribution in [0.5, 0.6) is 6.01 Å². The van der Waals surface area contributed by atoms with Crippen molar-refractivity contribution in [1.29, 1.82) is 0 Å². The summed E-state index contributed by atoms with van der Waals surface area (Å²) < 4.78 is 11.3. The summed E-state index contributed by atoms with van der Waals surface area (Å²) >= 11 is 7.29. The Morgan fingerprint density at radius 3 is 2.32 bits per heavy atom. The first kappa shape index (κ1) is 41.7. The summed E-state index contributed by atoms with van der Waals surface area (Å²) in [5, 5.41) is 20.0. The first-order valence-corrected chi connectivity index (χ1v) is 20.5. The van der Waals surface area contributed by atoms with E-state index in [2.05, 4.69) is 136 Å². The van der Waals surface area contributed by atoms with Crippen molar-refractivity contribution in [2.75, 3.05) is 55.0 Å². The van der Waals surface area contributed by atoms with Gasteiger partial charge >= 0.3 is 12.1 Å². The van der Waals surface area contributed by atoms with Gasteiger partial charge in [-0.05, 0) is 93.4 Å². The maximum absolute atomic E-state index is 12.3. The lowest BCUT2D eigenvalue weighted by Gasteiger charge is -2.33. The molecular formula is C45H59ClN8O3. The van der Waals surface area contributed by atoms with Crippen LogP contribution in [-0.2, 0) is 15.6 Å². The molecule has 1 aromatic heterocycles. The smallest absolute Gasteiger partial charge is 0.407 e. The lowest BCUT2D eigenvalue weighted by molar-refractivity contribution is 0.0527. The Balaban J connectivity index is 1.18. The number of rotatable bonds is 13. The van der Waals surface area contributed by atoms with E-state index in [0.29, 0.717) is 19.1 Å². The molecule has 3 aromatic rings. The van der Waals surface area contributed by atoms with Crippen molar-refractivity contribution in [3.05, 3.63) is 106 Å². The monoisotopic (exact) mass is 794 g/mol. The lowest BCUT2D eigenvalue weighted by Crippen LogP contribution is -2.41. The summed E-state index contributed by atoms with van der Waals surface area (Å²) in [5.74, 6) is 0.437. The van der Waals surface area contributed by atoms with Crippen LogP contribution in [0.15, 0.2) is 94.7 Å². The number of benzene rings is 2. The van der Waals surface area contributed by atoms with Crippen molar-refractivity contribution in [2.45, 2.75) is 103 Å². The highest BCUT2D eigenvalue weighted by molar-refractivity contribution is 6.32. The first-order valence-electron chi connectivity index (χ1n) is 20.1. The average molecular weight is 795 g/mol. The second kappa shape index (κ2) is 17.3. The van der Waals surface area contributed by atoms with E-state index in [1.54, 1.807) is 4.90 Å². The topological polar surface area (TPSA) is 109 Å². The minimum atomic E-state index is -0.526. The zero-order valence-electron chi connectivity index (χ0n) is 35.1. The molecule has 0 spiro atoms. The van der Waals surface area contributed by atoms with Crippen molar-refractivity contribution >= 4 is 35.0 Å². The molecular weight excluding hydrogens is 736 g/mol. The molecule has 304 valence electrons. The van der Waals surface area contributed by atoms with E-state index in [1.807, 2.05) is 34.9 Å². The molecule has 0 saturated heterocycles. The number of carbonyl (C=O) groups excluding carboxylic acids is 1. The maximum atomic E-state index is 12.3. The maximum Gasteiger partial charge on any atom is 0.407 e. The molecule has 3 aliphatic rings. The van der Waals surface area contributed by atoms with Crippen LogP contribution in [0.4, 0.5) is 22.1 Å². The highest BCUT2D eigenvalue weighted by Crippen LogP contribution is 2.48. The van der Waals surface area contributed by atoms with Crippen LogP contribution < -0.4 is 24.8 Å². The predicted molar refractivity (Wildman–Crippen MR) is 230 cm³/mol. The SMILES string of the molecule is CN(C)c1nnc(OCCCN2/C(=C/C=C3\CCCC(/C=C/C4N(CCCNC(=O)OC(C)(C)C)c5ccccc5C4(C)C)=C3Cl)C(C)(C)c3ccccc32)nn1. The van der Waals surface area contributed by atoms with Crippen LogP contribution in [0.25, 0.3) is 0 Å². The fourth-order valence-corrected chi connectivity index (χ4v) is 8.46. The number of aromatic nitrogens is 4. The molecule has 6 rings (SSSR count). The molecule has 11 nitrogen and oxygen atoms in total. The minimum absolute atomic E-state index is 0.119. The van der Waals surface area contributed by atoms with Gasteiger partial charge < -0.3 is 29.5 Å². The van der Waals surface area contributed by atoms with Crippen LogP contribution in [0, 0.1) is 0 Å². The predicted octanol–water partition coefficient (Wildman–Crippen LogP) is 9.02. The number of allylic oxidation sites excluding steroid dienone is 7. The number of carbonyl (C=O) groups is 1. The number of hydrogen-bond acceptors (Lipinski definition) is 10. The molecule has 1 aliphatic carbocycles. The summed E-state index contributed by atoms with van der Waals surface area (Å²) in [6, 6.07) is 17.6. The number of ether oxygens (including phenoxy) is 2. The highest BCUT2D eigenvalue weighted by atomic mass is 35.5. The molecule has 0 radical (unpaired) electrons. The van der Waals surface area contributed by atoms with Gasteiger partial charge in [0.25, 0.3) is 5.95 Å². The van der Waals surface area contributed by atoms with Gasteiger partial charge in [0.2, 0.25) is 0 Å². The summed E-state index contributed by atoms with van der Waals surface area (Å²) in [6.07, 6.45) is 13.2. The van der Waals surface area contributed by atoms with Crippen LogP contribution in [0.3, 0.4) is 0 Å². The molecule has 1 amide bonds. The normalized spacial score (nSPS) is 20.0. The third-order valence-electron chi connectivity index (χ3n) is 11.0. The second-order valence-electron chi connectivity index (χ2n) is 17.3. The number of halogens is 1. The van der Waals surface area contributed by atoms with Gasteiger partial charge in [-0.25, -0.2) is 4.79 Å². The Bertz CT molecular complexity index is 2030. The summed E-state index contributed by atoms with van der Waals surface area (Å²) in [7, 11) is 3.68. The Kier molecular flexibility index (Phi) is 12.7. The third-order valence-corrected chi connectivity index (χ3v) is 11.5. The third kappa shape index (κ3) is 9.46. The van der Waals surface area contributed by atoms with Gasteiger partial charge in [0, 0.05) is 66.7 Å². The number of nitrogens with one attached hydrogen (secondary N) is 1. The minimum Gasteiger partial charge on any atom is -0.461 e. The molecule has 3 heterocycles. The Hall–Kier alpha value is -4.90. The fourth-order valence-electron chi connectivity index (χ4n) is 8.14. The van der Waals surface area contributed by atoms with Gasteiger partial charge in [0.15, 0.2) is 0 Å². The number of hydrogen-bond donors (Lipinski definition) is 1. The van der Waals surface area contributed by atoms with E-state index in [0.717, 1.165) is 55.8 Å². The van der Waals surface area contributed by atoms with E-state index in [1.165, 1.54) is 33.8 Å². The largest absolute Gasteiger partial charge is 0.461 e. The number of anilines is 3. The van der Waals surface area contributed by atoms with Crippen molar-refractivity contribution in [3.8, 4) is 6.01 Å². The summed E-state index contributed by atoms with van der Waals surface area (Å²) in [6.45, 7) is 17.4. The molecule has 1 unspecified atom stereocenters. The highest BCUT2D eigenvalue weighted by Gasteiger charge is 2.43. The van der Waals surface area contributed by atoms with E-state index >= 15 is 0 Å². The molecule has 57 heavy (non-hydrogen) atoms. The molecule has 0 saturated carbocycles.